The summed E-state index contributed by atoms with van der Waals surface area (Å²) in [5, 5.41) is 10.4. The standard InChI is InChI=1S/C22H31N7O2.ClH/c1-22(2,3)14-29-17-7-8-18(25-19(17)27(4)21(29)31)28-11-5-6-15(13-28)12-23-20(30)16-9-10-24-26-16;/h7-10,15H,5-6,11-14H2,1-4H3,(H,23,30)(H,24,26);1H/q+1;/p-1. The molecule has 10 heteroatoms. The van der Waals surface area contributed by atoms with Crippen molar-refractivity contribution in [3.8, 4) is 0 Å². The first-order valence-electron chi connectivity index (χ1n) is 10.8. The van der Waals surface area contributed by atoms with Gasteiger partial charge in [0.15, 0.2) is 0 Å². The number of piperidine rings is 1. The van der Waals surface area contributed by atoms with Gasteiger partial charge in [-0.25, -0.2) is 9.36 Å². The lowest BCUT2D eigenvalue weighted by atomic mass is 9.97. The van der Waals surface area contributed by atoms with Gasteiger partial charge in [-0.15, -0.1) is 0 Å². The lowest BCUT2D eigenvalue weighted by molar-refractivity contribution is -0.0000157. The Kier molecular flexibility index (Phi) is 6.97. The zero-order valence-corrected chi connectivity index (χ0v) is 19.8. The number of hydrogen-bond donors (Lipinski definition) is 2. The van der Waals surface area contributed by atoms with Crippen LogP contribution in [0, 0.1) is 11.3 Å². The first kappa shape index (κ1) is 23.8. The molecule has 1 atom stereocenters. The summed E-state index contributed by atoms with van der Waals surface area (Å²) in [6.45, 7) is 9.35. The SMILES string of the molecule is Cn1c2c(n(CC(C)(C)C)c1=O)=CC=C(N1CCCC(CNC(=O)c3cc[nH]n3)C1)[N+]=2.[Cl-]. The Balaban J connectivity index is 0.00000289. The van der Waals surface area contributed by atoms with Gasteiger partial charge < -0.3 is 17.7 Å². The third-order valence-electron chi connectivity index (χ3n) is 5.73. The zero-order chi connectivity index (χ0) is 22.2. The maximum atomic E-state index is 12.8. The first-order valence-corrected chi connectivity index (χ1v) is 10.8. The second kappa shape index (κ2) is 9.36. The maximum Gasteiger partial charge on any atom is 0.386 e. The number of aromatic amines is 1. The molecule has 0 spiro atoms. The summed E-state index contributed by atoms with van der Waals surface area (Å²) in [7, 11) is 1.78. The molecule has 0 saturated carbocycles. The van der Waals surface area contributed by atoms with Gasteiger partial charge in [0.1, 0.15) is 11.0 Å². The van der Waals surface area contributed by atoms with Gasteiger partial charge in [0.2, 0.25) is 0 Å². The van der Waals surface area contributed by atoms with Crippen molar-refractivity contribution >= 4 is 12.0 Å². The molecule has 1 fully saturated rings. The fraction of sp³-hybridized carbons (Fsp3) is 0.545. The van der Waals surface area contributed by atoms with Crippen molar-refractivity contribution in [3.05, 3.63) is 51.2 Å². The Labute approximate surface area is 193 Å². The normalized spacial score (nSPS) is 18.1. The van der Waals surface area contributed by atoms with Crippen LogP contribution in [0.5, 0.6) is 0 Å². The van der Waals surface area contributed by atoms with Crippen molar-refractivity contribution in [1.29, 1.82) is 0 Å². The molecular weight excluding hydrogens is 430 g/mol. The fourth-order valence-electron chi connectivity index (χ4n) is 4.22. The number of aromatic nitrogens is 4. The quantitative estimate of drug-likeness (QED) is 0.488. The molecule has 4 rings (SSSR count). The average molecular weight is 461 g/mol. The molecular formula is C22H31ClN7O2. The van der Waals surface area contributed by atoms with Gasteiger partial charge in [0.25, 0.3) is 17.2 Å². The minimum Gasteiger partial charge on any atom is -1.00 e. The van der Waals surface area contributed by atoms with Crippen molar-refractivity contribution in [2.45, 2.75) is 40.2 Å². The Morgan fingerprint density at radius 1 is 1.34 bits per heavy atom. The molecule has 2 aromatic heterocycles. The van der Waals surface area contributed by atoms with Crippen molar-refractivity contribution in [2.75, 3.05) is 19.6 Å². The number of nitrogens with zero attached hydrogens (tertiary/aromatic N) is 5. The van der Waals surface area contributed by atoms with Crippen LogP contribution in [0.4, 0.5) is 0 Å². The van der Waals surface area contributed by atoms with Crippen LogP contribution in [0.15, 0.2) is 29.0 Å². The molecule has 9 nitrogen and oxygen atoms in total. The smallest absolute Gasteiger partial charge is 0.386 e. The minimum absolute atomic E-state index is 0. The highest BCUT2D eigenvalue weighted by Crippen LogP contribution is 2.19. The number of carbonyl (C=O) groups excluding carboxylic acids is 1. The van der Waals surface area contributed by atoms with E-state index in [1.54, 1.807) is 23.9 Å². The van der Waals surface area contributed by atoms with Gasteiger partial charge in [-0.3, -0.25) is 19.4 Å². The zero-order valence-electron chi connectivity index (χ0n) is 19.1. The van der Waals surface area contributed by atoms with E-state index >= 15 is 0 Å². The van der Waals surface area contributed by atoms with Gasteiger partial charge >= 0.3 is 5.69 Å². The first-order chi connectivity index (χ1) is 14.7. The van der Waals surface area contributed by atoms with Crippen molar-refractivity contribution < 1.29 is 17.2 Å². The van der Waals surface area contributed by atoms with Crippen LogP contribution in [0.1, 0.15) is 44.1 Å². The number of allylic oxidation sites excluding steroid dienone is 1. The molecule has 2 aliphatic heterocycles. The number of likely N-dealkylation sites (tertiary alicyclic amines) is 1. The lowest BCUT2D eigenvalue weighted by Gasteiger charge is -2.30. The molecule has 32 heavy (non-hydrogen) atoms. The van der Waals surface area contributed by atoms with Crippen LogP contribution < -0.4 is 39.2 Å². The maximum absolute atomic E-state index is 12.8. The topological polar surface area (TPSA) is 102 Å². The van der Waals surface area contributed by atoms with Crippen LogP contribution in [0.2, 0.25) is 0 Å². The summed E-state index contributed by atoms with van der Waals surface area (Å²) >= 11 is 0. The molecule has 1 unspecified atom stereocenters. The van der Waals surface area contributed by atoms with E-state index in [0.29, 0.717) is 30.2 Å². The van der Waals surface area contributed by atoms with Gasteiger partial charge in [0.05, 0.1) is 20.1 Å². The molecule has 1 amide bonds. The van der Waals surface area contributed by atoms with Crippen molar-refractivity contribution in [3.63, 3.8) is 0 Å². The molecule has 4 heterocycles. The summed E-state index contributed by atoms with van der Waals surface area (Å²) in [4.78, 5) is 32.0. The van der Waals surface area contributed by atoms with E-state index in [0.717, 1.165) is 37.1 Å². The van der Waals surface area contributed by atoms with E-state index in [2.05, 4.69) is 41.2 Å². The van der Waals surface area contributed by atoms with Crippen LogP contribution in [-0.4, -0.2) is 49.8 Å². The third kappa shape index (κ3) is 4.98. The van der Waals surface area contributed by atoms with Gasteiger partial charge in [-0.2, -0.15) is 5.10 Å². The van der Waals surface area contributed by atoms with E-state index in [1.807, 2.05) is 16.7 Å². The van der Waals surface area contributed by atoms with E-state index in [1.165, 1.54) is 0 Å². The molecule has 0 aromatic carbocycles. The van der Waals surface area contributed by atoms with Gasteiger partial charge in [0, 0.05) is 31.3 Å². The number of halogens is 1. The van der Waals surface area contributed by atoms with E-state index < -0.39 is 0 Å². The Morgan fingerprint density at radius 2 is 2.12 bits per heavy atom. The monoisotopic (exact) mass is 460 g/mol. The fourth-order valence-corrected chi connectivity index (χ4v) is 4.22. The van der Waals surface area contributed by atoms with E-state index in [4.69, 9.17) is 4.99 Å². The Hall–Kier alpha value is -2.81. The largest absolute Gasteiger partial charge is 1.00 e. The van der Waals surface area contributed by atoms with Crippen molar-refractivity contribution in [2.24, 2.45) is 18.4 Å². The van der Waals surface area contributed by atoms with Gasteiger partial charge in [-0.05, 0) is 30.4 Å². The Morgan fingerprint density at radius 3 is 2.81 bits per heavy atom. The average Bonchev–Trinajstić information content (AvgIpc) is 3.35. The Bertz CT molecular complexity index is 1170. The number of hydrogen-bond acceptors (Lipinski definition) is 5. The summed E-state index contributed by atoms with van der Waals surface area (Å²) in [5.74, 6) is 1.05. The highest BCUT2D eigenvalue weighted by atomic mass is 35.5. The molecule has 1 radical (unpaired) electrons. The summed E-state index contributed by atoms with van der Waals surface area (Å²) in [5.41, 5.74) is 1.07. The van der Waals surface area contributed by atoms with Crippen LogP contribution in [-0.2, 0) is 13.6 Å². The molecule has 2 N–H and O–H groups in total. The molecule has 2 aromatic rings. The third-order valence-corrected chi connectivity index (χ3v) is 5.73. The summed E-state index contributed by atoms with van der Waals surface area (Å²) < 4.78 is 3.45. The number of nitrogens with one attached hydrogen (secondary N) is 2. The number of amides is 1. The number of H-pyrrole nitrogens is 1. The number of carbonyl (C=O) groups is 1. The predicted molar refractivity (Wildman–Crippen MR) is 117 cm³/mol. The highest BCUT2D eigenvalue weighted by molar-refractivity contribution is 5.92. The lowest BCUT2D eigenvalue weighted by Crippen LogP contribution is -3.00. The van der Waals surface area contributed by atoms with E-state index in [9.17, 15) is 9.59 Å². The highest BCUT2D eigenvalue weighted by Gasteiger charge is 2.29. The summed E-state index contributed by atoms with van der Waals surface area (Å²) in [6.07, 6.45) is 7.74. The molecule has 2 aliphatic rings. The van der Waals surface area contributed by atoms with Crippen LogP contribution in [0.3, 0.4) is 0 Å². The van der Waals surface area contributed by atoms with Gasteiger partial charge in [-0.1, -0.05) is 25.8 Å². The summed E-state index contributed by atoms with van der Waals surface area (Å²) in [6, 6.07) is 1.66. The van der Waals surface area contributed by atoms with Crippen molar-refractivity contribution in [1.82, 2.24) is 34.5 Å². The second-order valence-corrected chi connectivity index (χ2v) is 9.62. The minimum atomic E-state index is -0.159. The molecule has 0 bridgehead atoms. The predicted octanol–water partition coefficient (Wildman–Crippen LogP) is -3.31. The van der Waals surface area contributed by atoms with E-state index in [-0.39, 0.29) is 29.4 Å². The number of imidazole rings is 1. The van der Waals surface area contributed by atoms with Crippen LogP contribution >= 0.6 is 0 Å². The molecule has 173 valence electrons. The second-order valence-electron chi connectivity index (χ2n) is 9.62. The van der Waals surface area contributed by atoms with Crippen LogP contribution in [0.25, 0.3) is 6.08 Å². The molecule has 1 saturated heterocycles. The molecule has 0 aliphatic carbocycles. The number of fused-ring (bicyclic) bond motifs is 1. The number of rotatable bonds is 5.